The smallest absolute Gasteiger partial charge is 0.226 e. The first-order valence-electron chi connectivity index (χ1n) is 8.40. The number of benzene rings is 1. The molecule has 0 unspecified atom stereocenters. The van der Waals surface area contributed by atoms with Crippen LogP contribution in [0.4, 0.5) is 0 Å². The molecule has 0 aliphatic heterocycles. The van der Waals surface area contributed by atoms with Crippen LogP contribution >= 0.6 is 11.3 Å². The minimum atomic E-state index is 0.167. The van der Waals surface area contributed by atoms with Gasteiger partial charge in [0.15, 0.2) is 0 Å². The van der Waals surface area contributed by atoms with Crippen LogP contribution in [0.25, 0.3) is 11.3 Å². The molecule has 6 heteroatoms. The van der Waals surface area contributed by atoms with Gasteiger partial charge < -0.3 is 9.42 Å². The summed E-state index contributed by atoms with van der Waals surface area (Å²) < 4.78 is 5.44. The Kier molecular flexibility index (Phi) is 4.36. The van der Waals surface area contributed by atoms with Crippen molar-refractivity contribution in [3.63, 3.8) is 0 Å². The van der Waals surface area contributed by atoms with E-state index in [1.54, 1.807) is 17.5 Å². The third kappa shape index (κ3) is 3.49. The van der Waals surface area contributed by atoms with Crippen molar-refractivity contribution in [2.24, 2.45) is 5.92 Å². The molecular weight excluding hydrogens is 334 g/mol. The van der Waals surface area contributed by atoms with Gasteiger partial charge in [0.1, 0.15) is 16.5 Å². The maximum absolute atomic E-state index is 12.8. The number of rotatable bonds is 6. The van der Waals surface area contributed by atoms with Gasteiger partial charge in [0.05, 0.1) is 13.1 Å². The number of amides is 1. The average molecular weight is 353 g/mol. The van der Waals surface area contributed by atoms with E-state index in [-0.39, 0.29) is 11.8 Å². The van der Waals surface area contributed by atoms with Gasteiger partial charge in [-0.05, 0) is 19.8 Å². The summed E-state index contributed by atoms with van der Waals surface area (Å²) in [7, 11) is 0. The van der Waals surface area contributed by atoms with Gasteiger partial charge in [-0.1, -0.05) is 35.5 Å². The van der Waals surface area contributed by atoms with Crippen LogP contribution in [-0.2, 0) is 17.9 Å². The topological polar surface area (TPSA) is 59.2 Å². The molecule has 25 heavy (non-hydrogen) atoms. The zero-order chi connectivity index (χ0) is 17.2. The van der Waals surface area contributed by atoms with Gasteiger partial charge in [-0.3, -0.25) is 4.79 Å². The lowest BCUT2D eigenvalue weighted by molar-refractivity contribution is -0.133. The van der Waals surface area contributed by atoms with Crippen molar-refractivity contribution in [2.75, 3.05) is 0 Å². The number of hydrogen-bond acceptors (Lipinski definition) is 5. The number of aromatic nitrogens is 2. The van der Waals surface area contributed by atoms with Crippen LogP contribution in [0.5, 0.6) is 0 Å². The van der Waals surface area contributed by atoms with Crippen molar-refractivity contribution in [2.45, 2.75) is 32.9 Å². The van der Waals surface area contributed by atoms with E-state index >= 15 is 0 Å². The maximum atomic E-state index is 12.8. The zero-order valence-electron chi connectivity index (χ0n) is 14.0. The molecule has 2 heterocycles. The summed E-state index contributed by atoms with van der Waals surface area (Å²) in [6, 6.07) is 9.95. The Labute approximate surface area is 150 Å². The number of carbonyl (C=O) groups is 1. The predicted octanol–water partition coefficient (Wildman–Crippen LogP) is 4.05. The second-order valence-corrected chi connectivity index (χ2v) is 7.31. The lowest BCUT2D eigenvalue weighted by atomic mass is 10.1. The molecule has 1 aromatic carbocycles. The molecule has 5 nitrogen and oxygen atoms in total. The van der Waals surface area contributed by atoms with Gasteiger partial charge in [-0.15, -0.1) is 11.3 Å². The molecule has 1 amide bonds. The lowest BCUT2D eigenvalue weighted by Crippen LogP contribution is -2.31. The van der Waals surface area contributed by atoms with E-state index in [1.807, 2.05) is 47.5 Å². The number of carbonyl (C=O) groups excluding carboxylic acids is 1. The van der Waals surface area contributed by atoms with Crippen LogP contribution in [0.3, 0.4) is 0 Å². The number of nitrogens with zero attached hydrogens (tertiary/aromatic N) is 3. The van der Waals surface area contributed by atoms with Crippen molar-refractivity contribution >= 4 is 17.2 Å². The second kappa shape index (κ2) is 6.80. The molecule has 1 aliphatic rings. The van der Waals surface area contributed by atoms with E-state index in [4.69, 9.17) is 4.52 Å². The van der Waals surface area contributed by atoms with E-state index in [0.29, 0.717) is 13.1 Å². The predicted molar refractivity (Wildman–Crippen MR) is 95.8 cm³/mol. The minimum absolute atomic E-state index is 0.167. The highest BCUT2D eigenvalue weighted by Gasteiger charge is 2.34. The molecule has 1 saturated carbocycles. The van der Waals surface area contributed by atoms with E-state index in [9.17, 15) is 4.79 Å². The number of hydrogen-bond donors (Lipinski definition) is 0. The molecular formula is C19H19N3O2S. The summed E-state index contributed by atoms with van der Waals surface area (Å²) >= 11 is 1.57. The lowest BCUT2D eigenvalue weighted by Gasteiger charge is -2.22. The Morgan fingerprint density at radius 1 is 1.28 bits per heavy atom. The summed E-state index contributed by atoms with van der Waals surface area (Å²) in [4.78, 5) is 19.0. The first-order chi connectivity index (χ1) is 12.2. The van der Waals surface area contributed by atoms with Crippen LogP contribution in [0.15, 0.2) is 46.4 Å². The van der Waals surface area contributed by atoms with E-state index in [0.717, 1.165) is 40.4 Å². The van der Waals surface area contributed by atoms with Crippen molar-refractivity contribution in [1.29, 1.82) is 0 Å². The Morgan fingerprint density at radius 3 is 2.76 bits per heavy atom. The third-order valence-corrected chi connectivity index (χ3v) is 5.19. The van der Waals surface area contributed by atoms with E-state index in [2.05, 4.69) is 10.1 Å². The van der Waals surface area contributed by atoms with Gasteiger partial charge >= 0.3 is 0 Å². The van der Waals surface area contributed by atoms with Crippen LogP contribution in [0.2, 0.25) is 0 Å². The van der Waals surface area contributed by atoms with Crippen molar-refractivity contribution in [3.05, 3.63) is 58.2 Å². The Hall–Kier alpha value is -2.47. The normalized spacial score (nSPS) is 13.8. The largest absolute Gasteiger partial charge is 0.361 e. The number of thiazole rings is 1. The molecule has 0 spiro atoms. The van der Waals surface area contributed by atoms with Crippen molar-refractivity contribution in [1.82, 2.24) is 15.0 Å². The summed E-state index contributed by atoms with van der Waals surface area (Å²) in [6.45, 7) is 2.93. The molecule has 0 bridgehead atoms. The minimum Gasteiger partial charge on any atom is -0.361 e. The van der Waals surface area contributed by atoms with Crippen molar-refractivity contribution < 1.29 is 9.32 Å². The Morgan fingerprint density at radius 2 is 2.08 bits per heavy atom. The highest BCUT2D eigenvalue weighted by Crippen LogP contribution is 2.33. The highest BCUT2D eigenvalue weighted by atomic mass is 32.1. The van der Waals surface area contributed by atoms with Gasteiger partial charge in [0.25, 0.3) is 0 Å². The molecule has 4 rings (SSSR count). The van der Waals surface area contributed by atoms with Crippen molar-refractivity contribution in [3.8, 4) is 11.3 Å². The quantitative estimate of drug-likeness (QED) is 0.671. The molecule has 0 N–H and O–H groups in total. The molecule has 1 aliphatic carbocycles. The summed E-state index contributed by atoms with van der Waals surface area (Å²) in [6.07, 6.45) is 3.75. The fraction of sp³-hybridized carbons (Fsp3) is 0.316. The molecule has 0 radical (unpaired) electrons. The van der Waals surface area contributed by atoms with Crippen LogP contribution < -0.4 is 0 Å². The number of aryl methyl sites for hydroxylation is 1. The first-order valence-corrected chi connectivity index (χ1v) is 9.28. The maximum Gasteiger partial charge on any atom is 0.226 e. The van der Waals surface area contributed by atoms with Gasteiger partial charge in [0.2, 0.25) is 5.91 Å². The van der Waals surface area contributed by atoms with Gasteiger partial charge in [0, 0.05) is 28.6 Å². The highest BCUT2D eigenvalue weighted by molar-refractivity contribution is 7.09. The zero-order valence-corrected chi connectivity index (χ0v) is 14.8. The summed E-state index contributed by atoms with van der Waals surface area (Å²) in [5, 5.41) is 7.12. The fourth-order valence-corrected chi connectivity index (χ4v) is 3.52. The van der Waals surface area contributed by atoms with Crippen LogP contribution in [-0.4, -0.2) is 20.9 Å². The monoisotopic (exact) mass is 353 g/mol. The van der Waals surface area contributed by atoms with Gasteiger partial charge in [-0.2, -0.15) is 0 Å². The summed E-state index contributed by atoms with van der Waals surface area (Å²) in [5.41, 5.74) is 2.78. The fourth-order valence-electron chi connectivity index (χ4n) is 2.89. The Bertz CT molecular complexity index is 854. The van der Waals surface area contributed by atoms with E-state index in [1.165, 1.54) is 0 Å². The molecule has 0 atom stereocenters. The standard InChI is InChI=1S/C19H19N3O2S/c1-13-16(18(21-24-13)14-5-3-2-4-6-14)11-22(19(23)15-7-8-15)12-17-20-9-10-25-17/h2-6,9-10,15H,7-8,11-12H2,1H3. The van der Waals surface area contributed by atoms with E-state index < -0.39 is 0 Å². The van der Waals surface area contributed by atoms with Gasteiger partial charge in [-0.25, -0.2) is 4.98 Å². The Balaban J connectivity index is 1.63. The SMILES string of the molecule is Cc1onc(-c2ccccc2)c1CN(Cc1nccs1)C(=O)C1CC1. The molecule has 3 aromatic rings. The molecule has 2 aromatic heterocycles. The van der Waals surface area contributed by atoms with Crippen LogP contribution in [0.1, 0.15) is 29.2 Å². The third-order valence-electron chi connectivity index (χ3n) is 4.43. The molecule has 128 valence electrons. The molecule has 0 saturated heterocycles. The van der Waals surface area contributed by atoms with Crippen LogP contribution in [0, 0.1) is 12.8 Å². The molecule has 1 fully saturated rings. The summed E-state index contributed by atoms with van der Waals surface area (Å²) in [5.74, 6) is 1.13. The average Bonchev–Trinajstić information content (AvgIpc) is 3.25. The first kappa shape index (κ1) is 16.0. The second-order valence-electron chi connectivity index (χ2n) is 6.33.